The number of imidazole rings is 1. The van der Waals surface area contributed by atoms with E-state index in [0.717, 1.165) is 35.6 Å². The van der Waals surface area contributed by atoms with E-state index in [4.69, 9.17) is 9.40 Å². The fourth-order valence-electron chi connectivity index (χ4n) is 3.92. The van der Waals surface area contributed by atoms with Gasteiger partial charge in [-0.05, 0) is 36.2 Å². The Morgan fingerprint density at radius 2 is 1.94 bits per heavy atom. The van der Waals surface area contributed by atoms with Crippen molar-refractivity contribution in [1.82, 2.24) is 19.4 Å². The Hall–Kier alpha value is -3.13. The first-order valence-electron chi connectivity index (χ1n) is 10.7. The van der Waals surface area contributed by atoms with Crippen LogP contribution in [0, 0.1) is 5.92 Å². The van der Waals surface area contributed by atoms with E-state index in [1.807, 2.05) is 44.0 Å². The van der Waals surface area contributed by atoms with Crippen LogP contribution in [0.5, 0.6) is 0 Å². The van der Waals surface area contributed by atoms with Crippen LogP contribution in [-0.2, 0) is 18.4 Å². The zero-order valence-corrected chi connectivity index (χ0v) is 18.3. The molecule has 1 saturated heterocycles. The summed E-state index contributed by atoms with van der Waals surface area (Å²) in [6.45, 7) is 7.66. The van der Waals surface area contributed by atoms with E-state index in [0.29, 0.717) is 37.7 Å². The largest absolute Gasteiger partial charge is 0.459 e. The van der Waals surface area contributed by atoms with Crippen LogP contribution in [0.4, 0.5) is 5.69 Å². The molecule has 0 unspecified atom stereocenters. The number of rotatable bonds is 6. The van der Waals surface area contributed by atoms with Crippen molar-refractivity contribution in [3.8, 4) is 0 Å². The zero-order chi connectivity index (χ0) is 22.0. The van der Waals surface area contributed by atoms with Gasteiger partial charge in [0.2, 0.25) is 5.91 Å². The Bertz CT molecular complexity index is 1060. The van der Waals surface area contributed by atoms with Crippen LogP contribution in [0.3, 0.4) is 0 Å². The molecule has 0 saturated carbocycles. The number of piperazine rings is 1. The summed E-state index contributed by atoms with van der Waals surface area (Å²) in [4.78, 5) is 33.4. The number of hydrogen-bond acceptors (Lipinski definition) is 5. The fourth-order valence-corrected chi connectivity index (χ4v) is 3.92. The molecule has 164 valence electrons. The molecule has 0 radical (unpaired) electrons. The minimum atomic E-state index is -0.0561. The van der Waals surface area contributed by atoms with Gasteiger partial charge in [0.25, 0.3) is 5.91 Å². The SMILES string of the molecule is CC(C)CC(=O)Nc1ccc2c(c1)nc(CN1CCN(C(=O)c3ccco3)CC1)n2C. The summed E-state index contributed by atoms with van der Waals surface area (Å²) >= 11 is 0. The van der Waals surface area contributed by atoms with Gasteiger partial charge in [-0.3, -0.25) is 14.5 Å². The molecule has 3 heterocycles. The Morgan fingerprint density at radius 3 is 2.61 bits per heavy atom. The summed E-state index contributed by atoms with van der Waals surface area (Å²) in [6, 6.07) is 9.28. The number of furan rings is 1. The van der Waals surface area contributed by atoms with Crippen LogP contribution in [-0.4, -0.2) is 57.3 Å². The van der Waals surface area contributed by atoms with Gasteiger partial charge in [0, 0.05) is 45.3 Å². The number of nitrogens with one attached hydrogen (secondary N) is 1. The number of amides is 2. The van der Waals surface area contributed by atoms with Crippen LogP contribution >= 0.6 is 0 Å². The third kappa shape index (κ3) is 4.80. The average Bonchev–Trinajstić information content (AvgIpc) is 3.36. The van der Waals surface area contributed by atoms with Gasteiger partial charge in [0.1, 0.15) is 5.82 Å². The Kier molecular flexibility index (Phi) is 6.08. The third-order valence-electron chi connectivity index (χ3n) is 5.61. The topological polar surface area (TPSA) is 83.6 Å². The second kappa shape index (κ2) is 8.93. The van der Waals surface area contributed by atoms with Crippen molar-refractivity contribution in [2.75, 3.05) is 31.5 Å². The van der Waals surface area contributed by atoms with Crippen molar-refractivity contribution in [3.63, 3.8) is 0 Å². The molecule has 1 aliphatic rings. The zero-order valence-electron chi connectivity index (χ0n) is 18.3. The molecule has 8 heteroatoms. The van der Waals surface area contributed by atoms with Crippen molar-refractivity contribution < 1.29 is 14.0 Å². The summed E-state index contributed by atoms with van der Waals surface area (Å²) in [5.41, 5.74) is 2.67. The van der Waals surface area contributed by atoms with E-state index in [2.05, 4.69) is 14.8 Å². The van der Waals surface area contributed by atoms with Gasteiger partial charge in [-0.25, -0.2) is 4.98 Å². The minimum absolute atomic E-state index is 0.0208. The lowest BCUT2D eigenvalue weighted by Gasteiger charge is -2.34. The van der Waals surface area contributed by atoms with E-state index in [9.17, 15) is 9.59 Å². The lowest BCUT2D eigenvalue weighted by molar-refractivity contribution is -0.116. The standard InChI is InChI=1S/C23H29N5O3/c1-16(2)13-22(29)24-17-6-7-19-18(14-17)25-21(26(19)3)15-27-8-10-28(11-9-27)23(30)20-5-4-12-31-20/h4-7,12,14,16H,8-11,13,15H2,1-3H3,(H,24,29). The first-order chi connectivity index (χ1) is 14.9. The number of carbonyl (C=O) groups excluding carboxylic acids is 2. The average molecular weight is 424 g/mol. The molecule has 0 bridgehead atoms. The lowest BCUT2D eigenvalue weighted by Crippen LogP contribution is -2.48. The van der Waals surface area contributed by atoms with Crippen LogP contribution in [0.1, 0.15) is 36.6 Å². The lowest BCUT2D eigenvalue weighted by atomic mass is 10.1. The summed E-state index contributed by atoms with van der Waals surface area (Å²) < 4.78 is 7.32. The highest BCUT2D eigenvalue weighted by Crippen LogP contribution is 2.21. The molecule has 0 spiro atoms. The van der Waals surface area contributed by atoms with E-state index in [1.54, 1.807) is 12.1 Å². The molecule has 1 aromatic carbocycles. The maximum absolute atomic E-state index is 12.4. The van der Waals surface area contributed by atoms with Gasteiger partial charge in [-0.15, -0.1) is 0 Å². The van der Waals surface area contributed by atoms with E-state index >= 15 is 0 Å². The molecular formula is C23H29N5O3. The van der Waals surface area contributed by atoms with Gasteiger partial charge in [0.15, 0.2) is 5.76 Å². The highest BCUT2D eigenvalue weighted by atomic mass is 16.3. The molecule has 0 atom stereocenters. The van der Waals surface area contributed by atoms with Gasteiger partial charge in [-0.1, -0.05) is 13.8 Å². The maximum atomic E-state index is 12.4. The number of hydrogen-bond donors (Lipinski definition) is 1. The first kappa shape index (κ1) is 21.1. The molecule has 31 heavy (non-hydrogen) atoms. The number of aryl methyl sites for hydroxylation is 1. The molecule has 2 amide bonds. The van der Waals surface area contributed by atoms with E-state index in [-0.39, 0.29) is 11.8 Å². The number of fused-ring (bicyclic) bond motifs is 1. The van der Waals surface area contributed by atoms with Crippen LogP contribution in [0.2, 0.25) is 0 Å². The van der Waals surface area contributed by atoms with Gasteiger partial charge in [0.05, 0.1) is 23.8 Å². The Balaban J connectivity index is 1.39. The molecule has 1 fully saturated rings. The molecule has 1 aliphatic heterocycles. The van der Waals surface area contributed by atoms with Crippen LogP contribution in [0.15, 0.2) is 41.0 Å². The number of anilines is 1. The monoisotopic (exact) mass is 423 g/mol. The summed E-state index contributed by atoms with van der Waals surface area (Å²) in [7, 11) is 2.01. The third-order valence-corrected chi connectivity index (χ3v) is 5.61. The molecule has 4 rings (SSSR count). The van der Waals surface area contributed by atoms with Crippen molar-refractivity contribution in [1.29, 1.82) is 0 Å². The summed E-state index contributed by atoms with van der Waals surface area (Å²) in [6.07, 6.45) is 2.02. The first-order valence-corrected chi connectivity index (χ1v) is 10.7. The summed E-state index contributed by atoms with van der Waals surface area (Å²) in [5.74, 6) is 1.64. The van der Waals surface area contributed by atoms with Crippen molar-refractivity contribution in [2.45, 2.75) is 26.8 Å². The van der Waals surface area contributed by atoms with Gasteiger partial charge < -0.3 is 19.2 Å². The fraction of sp³-hybridized carbons (Fsp3) is 0.435. The van der Waals surface area contributed by atoms with E-state index < -0.39 is 0 Å². The maximum Gasteiger partial charge on any atom is 0.289 e. The minimum Gasteiger partial charge on any atom is -0.459 e. The molecular weight excluding hydrogens is 394 g/mol. The second-order valence-electron chi connectivity index (χ2n) is 8.48. The van der Waals surface area contributed by atoms with Crippen molar-refractivity contribution >= 4 is 28.5 Å². The molecule has 1 N–H and O–H groups in total. The van der Waals surface area contributed by atoms with Gasteiger partial charge >= 0.3 is 0 Å². The normalized spacial score (nSPS) is 15.0. The number of carbonyl (C=O) groups is 2. The molecule has 3 aromatic rings. The quantitative estimate of drug-likeness (QED) is 0.659. The number of nitrogens with zero attached hydrogens (tertiary/aromatic N) is 4. The van der Waals surface area contributed by atoms with Crippen LogP contribution in [0.25, 0.3) is 11.0 Å². The Labute approximate surface area is 181 Å². The number of aromatic nitrogens is 2. The second-order valence-corrected chi connectivity index (χ2v) is 8.48. The predicted octanol–water partition coefficient (Wildman–Crippen LogP) is 3.11. The van der Waals surface area contributed by atoms with Crippen LogP contribution < -0.4 is 5.32 Å². The Morgan fingerprint density at radius 1 is 1.16 bits per heavy atom. The number of benzene rings is 1. The summed E-state index contributed by atoms with van der Waals surface area (Å²) in [5, 5.41) is 2.96. The highest BCUT2D eigenvalue weighted by Gasteiger charge is 2.24. The van der Waals surface area contributed by atoms with Crippen molar-refractivity contribution in [3.05, 3.63) is 48.2 Å². The van der Waals surface area contributed by atoms with Crippen molar-refractivity contribution in [2.24, 2.45) is 13.0 Å². The molecule has 2 aromatic heterocycles. The molecule has 0 aliphatic carbocycles. The smallest absolute Gasteiger partial charge is 0.289 e. The van der Waals surface area contributed by atoms with E-state index in [1.165, 1.54) is 6.26 Å². The van der Waals surface area contributed by atoms with Gasteiger partial charge in [-0.2, -0.15) is 0 Å². The highest BCUT2D eigenvalue weighted by molar-refractivity contribution is 5.93. The predicted molar refractivity (Wildman–Crippen MR) is 119 cm³/mol. The molecule has 8 nitrogen and oxygen atoms in total.